The van der Waals surface area contributed by atoms with Gasteiger partial charge in [-0.05, 0) is 46.0 Å². The van der Waals surface area contributed by atoms with E-state index < -0.39 is 23.5 Å². The number of rotatable bonds is 11. The Morgan fingerprint density at radius 3 is 2.63 bits per heavy atom. The molecular formula is C22H37N3O5. The van der Waals surface area contributed by atoms with Crippen LogP contribution in [-0.4, -0.2) is 71.2 Å². The minimum atomic E-state index is -0.903. The van der Waals surface area contributed by atoms with Crippen molar-refractivity contribution >= 4 is 17.7 Å². The van der Waals surface area contributed by atoms with E-state index in [2.05, 4.69) is 10.6 Å². The molecule has 170 valence electrons. The lowest BCUT2D eigenvalue weighted by atomic mass is 9.70. The van der Waals surface area contributed by atoms with Crippen LogP contribution in [0, 0.1) is 11.8 Å². The molecule has 0 aromatic heterocycles. The van der Waals surface area contributed by atoms with Crippen molar-refractivity contribution in [1.29, 1.82) is 0 Å². The van der Waals surface area contributed by atoms with Crippen molar-refractivity contribution in [2.24, 2.45) is 11.8 Å². The van der Waals surface area contributed by atoms with Gasteiger partial charge in [-0.3, -0.25) is 14.4 Å². The van der Waals surface area contributed by atoms with Gasteiger partial charge < -0.3 is 25.4 Å². The molecule has 8 nitrogen and oxygen atoms in total. The Morgan fingerprint density at radius 2 is 1.97 bits per heavy atom. The van der Waals surface area contributed by atoms with Crippen LogP contribution in [0.25, 0.3) is 0 Å². The number of carbonyl (C=O) groups excluding carboxylic acids is 3. The third-order valence-corrected chi connectivity index (χ3v) is 6.64. The zero-order chi connectivity index (χ0) is 21.9. The van der Waals surface area contributed by atoms with Crippen molar-refractivity contribution in [2.75, 3.05) is 19.7 Å². The fraction of sp³-hybridized carbons (Fsp3) is 0.864. The standard InChI is InChI=1S/C22H37N3O5/c1-4-11-23-19(27)16-15-9-10-22(30-15)17(16)21(29)25(12-7-5-6-8-13-26)18(22)20(28)24-14(2)3/h14-18,26H,4-13H2,1-3H3,(H,23,27)(H,24,28)/t15-,16+,17+,18?,22?/m1/s1. The SMILES string of the molecule is CCCNC(=O)[C@@H]1[C@H]2C(=O)N(CCCCCCO)C(C(=O)NC(C)C)C23CC[C@H]1O3. The number of nitrogens with zero attached hydrogens (tertiary/aromatic N) is 1. The summed E-state index contributed by atoms with van der Waals surface area (Å²) in [6.07, 6.45) is 5.12. The quantitative estimate of drug-likeness (QED) is 0.429. The molecule has 3 rings (SSSR count). The zero-order valence-electron chi connectivity index (χ0n) is 18.5. The van der Waals surface area contributed by atoms with E-state index in [1.54, 1.807) is 4.90 Å². The molecule has 3 saturated heterocycles. The summed E-state index contributed by atoms with van der Waals surface area (Å²) in [6, 6.07) is -0.735. The first-order chi connectivity index (χ1) is 14.4. The van der Waals surface area contributed by atoms with Gasteiger partial charge in [-0.1, -0.05) is 19.8 Å². The first-order valence-electron chi connectivity index (χ1n) is 11.5. The van der Waals surface area contributed by atoms with Crippen LogP contribution in [0.5, 0.6) is 0 Å². The number of unbranched alkanes of at least 4 members (excludes halogenated alkanes) is 3. The Hall–Kier alpha value is -1.67. The molecule has 3 heterocycles. The number of aliphatic hydroxyl groups excluding tert-OH is 1. The third kappa shape index (κ3) is 4.08. The summed E-state index contributed by atoms with van der Waals surface area (Å²) in [6.45, 7) is 6.99. The van der Waals surface area contributed by atoms with Crippen molar-refractivity contribution < 1.29 is 24.2 Å². The second kappa shape index (κ2) is 9.64. The molecule has 5 atom stereocenters. The van der Waals surface area contributed by atoms with Gasteiger partial charge in [0.05, 0.1) is 17.9 Å². The highest BCUT2D eigenvalue weighted by Crippen LogP contribution is 2.58. The van der Waals surface area contributed by atoms with Gasteiger partial charge in [0.15, 0.2) is 0 Å². The summed E-state index contributed by atoms with van der Waals surface area (Å²) in [5.41, 5.74) is -0.903. The van der Waals surface area contributed by atoms with E-state index in [-0.39, 0.29) is 36.5 Å². The highest BCUT2D eigenvalue weighted by Gasteiger charge is 2.74. The summed E-state index contributed by atoms with van der Waals surface area (Å²) >= 11 is 0. The van der Waals surface area contributed by atoms with E-state index in [0.29, 0.717) is 25.9 Å². The van der Waals surface area contributed by atoms with Crippen molar-refractivity contribution in [1.82, 2.24) is 15.5 Å². The molecule has 3 fully saturated rings. The first kappa shape index (κ1) is 23.0. The summed E-state index contributed by atoms with van der Waals surface area (Å²) in [5.74, 6) is -1.55. The molecule has 30 heavy (non-hydrogen) atoms. The average Bonchev–Trinajstić information content (AvgIpc) is 3.33. The fourth-order valence-electron chi connectivity index (χ4n) is 5.47. The smallest absolute Gasteiger partial charge is 0.246 e. The van der Waals surface area contributed by atoms with E-state index in [9.17, 15) is 14.4 Å². The number of hydrogen-bond acceptors (Lipinski definition) is 5. The van der Waals surface area contributed by atoms with Crippen LogP contribution in [0.1, 0.15) is 65.7 Å². The van der Waals surface area contributed by atoms with E-state index in [4.69, 9.17) is 9.84 Å². The predicted molar refractivity (Wildman–Crippen MR) is 111 cm³/mol. The highest BCUT2D eigenvalue weighted by molar-refractivity contribution is 5.98. The van der Waals surface area contributed by atoms with Crippen LogP contribution in [0.3, 0.4) is 0 Å². The Morgan fingerprint density at radius 1 is 1.23 bits per heavy atom. The van der Waals surface area contributed by atoms with Crippen molar-refractivity contribution in [3.05, 3.63) is 0 Å². The number of amides is 3. The molecule has 2 unspecified atom stereocenters. The van der Waals surface area contributed by atoms with Crippen LogP contribution in [0.15, 0.2) is 0 Å². The molecule has 1 spiro atoms. The summed E-state index contributed by atoms with van der Waals surface area (Å²) in [5, 5.41) is 14.9. The molecule has 3 N–H and O–H groups in total. The van der Waals surface area contributed by atoms with Crippen LogP contribution >= 0.6 is 0 Å². The second-order valence-electron chi connectivity index (χ2n) is 9.18. The van der Waals surface area contributed by atoms with E-state index >= 15 is 0 Å². The zero-order valence-corrected chi connectivity index (χ0v) is 18.5. The normalized spacial score (nSPS) is 32.0. The number of hydrogen-bond donors (Lipinski definition) is 3. The average molecular weight is 424 g/mol. The molecule has 3 aliphatic rings. The van der Waals surface area contributed by atoms with Gasteiger partial charge in [-0.2, -0.15) is 0 Å². The van der Waals surface area contributed by atoms with E-state index in [1.807, 2.05) is 20.8 Å². The number of aliphatic hydroxyl groups is 1. The van der Waals surface area contributed by atoms with Crippen molar-refractivity contribution in [2.45, 2.75) is 89.5 Å². The number of fused-ring (bicyclic) bond motifs is 1. The van der Waals surface area contributed by atoms with Crippen molar-refractivity contribution in [3.8, 4) is 0 Å². The second-order valence-corrected chi connectivity index (χ2v) is 9.18. The molecule has 2 bridgehead atoms. The van der Waals surface area contributed by atoms with Gasteiger partial charge >= 0.3 is 0 Å². The summed E-state index contributed by atoms with van der Waals surface area (Å²) < 4.78 is 6.34. The molecular weight excluding hydrogens is 386 g/mol. The predicted octanol–water partition coefficient (Wildman–Crippen LogP) is 0.965. The van der Waals surface area contributed by atoms with Gasteiger partial charge in [0.2, 0.25) is 17.7 Å². The van der Waals surface area contributed by atoms with Gasteiger partial charge in [-0.25, -0.2) is 0 Å². The van der Waals surface area contributed by atoms with E-state index in [1.165, 1.54) is 0 Å². The molecule has 0 radical (unpaired) electrons. The maximum Gasteiger partial charge on any atom is 0.246 e. The highest BCUT2D eigenvalue weighted by atomic mass is 16.5. The maximum atomic E-state index is 13.5. The molecule has 0 aliphatic carbocycles. The molecule has 3 aliphatic heterocycles. The maximum absolute atomic E-state index is 13.5. The number of ether oxygens (including phenoxy) is 1. The summed E-state index contributed by atoms with van der Waals surface area (Å²) in [4.78, 5) is 41.3. The Labute approximate surface area is 179 Å². The summed E-state index contributed by atoms with van der Waals surface area (Å²) in [7, 11) is 0. The lowest BCUT2D eigenvalue weighted by Crippen LogP contribution is -2.56. The van der Waals surface area contributed by atoms with Crippen LogP contribution in [-0.2, 0) is 19.1 Å². The van der Waals surface area contributed by atoms with Gasteiger partial charge in [-0.15, -0.1) is 0 Å². The van der Waals surface area contributed by atoms with Gasteiger partial charge in [0.25, 0.3) is 0 Å². The topological polar surface area (TPSA) is 108 Å². The molecule has 8 heteroatoms. The van der Waals surface area contributed by atoms with Gasteiger partial charge in [0.1, 0.15) is 11.6 Å². The monoisotopic (exact) mass is 423 g/mol. The molecule has 0 aromatic rings. The lowest BCUT2D eigenvalue weighted by molar-refractivity contribution is -0.142. The van der Waals surface area contributed by atoms with Gasteiger partial charge in [0, 0.05) is 25.7 Å². The Balaban J connectivity index is 1.83. The first-order valence-corrected chi connectivity index (χ1v) is 11.5. The molecule has 0 aromatic carbocycles. The Bertz CT molecular complexity index is 655. The number of nitrogens with one attached hydrogen (secondary N) is 2. The van der Waals surface area contributed by atoms with E-state index in [0.717, 1.165) is 32.1 Å². The number of carbonyl (C=O) groups is 3. The fourth-order valence-corrected chi connectivity index (χ4v) is 5.47. The molecule has 3 amide bonds. The minimum Gasteiger partial charge on any atom is -0.396 e. The Kier molecular flexibility index (Phi) is 7.39. The third-order valence-electron chi connectivity index (χ3n) is 6.64. The van der Waals surface area contributed by atoms with Crippen molar-refractivity contribution in [3.63, 3.8) is 0 Å². The van der Waals surface area contributed by atoms with Crippen LogP contribution < -0.4 is 10.6 Å². The van der Waals surface area contributed by atoms with Crippen LogP contribution in [0.2, 0.25) is 0 Å². The minimum absolute atomic E-state index is 0.0447. The number of likely N-dealkylation sites (tertiary alicyclic amines) is 1. The lowest BCUT2D eigenvalue weighted by Gasteiger charge is -2.34. The molecule has 0 saturated carbocycles. The largest absolute Gasteiger partial charge is 0.396 e. The van der Waals surface area contributed by atoms with Crippen LogP contribution in [0.4, 0.5) is 0 Å².